The first-order valence-electron chi connectivity index (χ1n) is 13.8. The zero-order valence-corrected chi connectivity index (χ0v) is 22.7. The fourth-order valence-electron chi connectivity index (χ4n) is 5.35. The Morgan fingerprint density at radius 1 is 0.974 bits per heavy atom. The fourth-order valence-corrected chi connectivity index (χ4v) is 5.35. The van der Waals surface area contributed by atoms with Gasteiger partial charge in [-0.05, 0) is 70.1 Å². The standard InChI is InChI=1S/C30H40FN3O4/c1-20(2)37-30(36)34-17-13-22(14-18-34)21(3)38-27-12-11-24(23-9-5-4-6-10-23)28(31)25(27)19-26(32)29(35)33-15-7-8-16-33/h4-6,9-12,20-22,26H,7-8,13-19,32H2,1-3H3/t21-,26+/m1/s1. The summed E-state index contributed by atoms with van der Waals surface area (Å²) in [6.07, 6.45) is 2.88. The summed E-state index contributed by atoms with van der Waals surface area (Å²) in [5.74, 6) is 0.0622. The lowest BCUT2D eigenvalue weighted by Gasteiger charge is -2.35. The Labute approximate surface area is 225 Å². The summed E-state index contributed by atoms with van der Waals surface area (Å²) in [5.41, 5.74) is 7.89. The van der Waals surface area contributed by atoms with Crippen LogP contribution in [0.1, 0.15) is 52.0 Å². The Hall–Kier alpha value is -3.13. The number of halogens is 1. The molecule has 0 aromatic heterocycles. The normalized spacial score (nSPS) is 17.9. The first kappa shape index (κ1) is 27.9. The van der Waals surface area contributed by atoms with E-state index in [4.69, 9.17) is 15.2 Å². The molecule has 206 valence electrons. The molecule has 2 saturated heterocycles. The maximum absolute atomic E-state index is 16.0. The minimum atomic E-state index is -0.846. The predicted molar refractivity (Wildman–Crippen MR) is 145 cm³/mol. The molecule has 0 radical (unpaired) electrons. The van der Waals surface area contributed by atoms with Crippen molar-refractivity contribution in [1.29, 1.82) is 0 Å². The van der Waals surface area contributed by atoms with E-state index in [1.807, 2.05) is 51.1 Å². The van der Waals surface area contributed by atoms with Crippen molar-refractivity contribution >= 4 is 12.0 Å². The molecule has 2 N–H and O–H groups in total. The van der Waals surface area contributed by atoms with Crippen molar-refractivity contribution in [3.05, 3.63) is 53.8 Å². The number of carbonyl (C=O) groups is 2. The molecule has 2 aliphatic heterocycles. The SMILES string of the molecule is CC(C)OC(=O)N1CCC([C@@H](C)Oc2ccc(-c3ccccc3)c(F)c2C[C@H](N)C(=O)N2CCCC2)CC1. The van der Waals surface area contributed by atoms with E-state index >= 15 is 4.39 Å². The second-order valence-corrected chi connectivity index (χ2v) is 10.7. The number of rotatable bonds is 8. The van der Waals surface area contributed by atoms with Gasteiger partial charge in [-0.3, -0.25) is 4.79 Å². The van der Waals surface area contributed by atoms with Crippen LogP contribution in [0, 0.1) is 11.7 Å². The van der Waals surface area contributed by atoms with Gasteiger partial charge in [-0.2, -0.15) is 0 Å². The summed E-state index contributed by atoms with van der Waals surface area (Å²) in [7, 11) is 0. The van der Waals surface area contributed by atoms with Gasteiger partial charge in [-0.15, -0.1) is 0 Å². The maximum atomic E-state index is 16.0. The van der Waals surface area contributed by atoms with Crippen LogP contribution in [-0.2, 0) is 16.0 Å². The van der Waals surface area contributed by atoms with Crippen LogP contribution in [0.4, 0.5) is 9.18 Å². The smallest absolute Gasteiger partial charge is 0.410 e. The third-order valence-corrected chi connectivity index (χ3v) is 7.56. The molecule has 2 heterocycles. The number of amides is 2. The van der Waals surface area contributed by atoms with Gasteiger partial charge in [0.15, 0.2) is 0 Å². The van der Waals surface area contributed by atoms with Crippen LogP contribution in [0.15, 0.2) is 42.5 Å². The Bertz CT molecular complexity index is 1100. The highest BCUT2D eigenvalue weighted by molar-refractivity contribution is 5.82. The Kier molecular flexibility index (Phi) is 9.26. The highest BCUT2D eigenvalue weighted by Crippen LogP contribution is 2.34. The fraction of sp³-hybridized carbons (Fsp3) is 0.533. The van der Waals surface area contributed by atoms with E-state index < -0.39 is 11.9 Å². The molecule has 8 heteroatoms. The molecule has 4 rings (SSSR count). The Balaban J connectivity index is 1.51. The number of nitrogens with two attached hydrogens (primary N) is 1. The van der Waals surface area contributed by atoms with Gasteiger partial charge in [-0.25, -0.2) is 9.18 Å². The molecule has 2 aliphatic rings. The van der Waals surface area contributed by atoms with Gasteiger partial charge < -0.3 is 25.0 Å². The molecule has 2 amide bonds. The molecule has 2 fully saturated rings. The molecule has 2 aromatic rings. The number of hydrogen-bond acceptors (Lipinski definition) is 5. The number of piperidine rings is 1. The molecular formula is C30H40FN3O4. The Morgan fingerprint density at radius 2 is 1.63 bits per heavy atom. The summed E-state index contributed by atoms with van der Waals surface area (Å²) >= 11 is 0. The monoisotopic (exact) mass is 525 g/mol. The third-order valence-electron chi connectivity index (χ3n) is 7.56. The van der Waals surface area contributed by atoms with Crippen LogP contribution in [-0.4, -0.2) is 66.2 Å². The van der Waals surface area contributed by atoms with Gasteiger partial charge in [0, 0.05) is 43.7 Å². The van der Waals surface area contributed by atoms with Crippen molar-refractivity contribution in [2.75, 3.05) is 26.2 Å². The quantitative estimate of drug-likeness (QED) is 0.524. The lowest BCUT2D eigenvalue weighted by atomic mass is 9.92. The number of carbonyl (C=O) groups excluding carboxylic acids is 2. The molecule has 0 spiro atoms. The zero-order valence-electron chi connectivity index (χ0n) is 22.7. The molecule has 0 bridgehead atoms. The summed E-state index contributed by atoms with van der Waals surface area (Å²) in [6, 6.07) is 12.0. The predicted octanol–water partition coefficient (Wildman–Crippen LogP) is 5.01. The van der Waals surface area contributed by atoms with E-state index in [1.54, 1.807) is 21.9 Å². The van der Waals surface area contributed by atoms with Crippen LogP contribution >= 0.6 is 0 Å². The van der Waals surface area contributed by atoms with Gasteiger partial charge in [0.1, 0.15) is 11.6 Å². The lowest BCUT2D eigenvalue weighted by molar-refractivity contribution is -0.131. The lowest BCUT2D eigenvalue weighted by Crippen LogP contribution is -2.44. The summed E-state index contributed by atoms with van der Waals surface area (Å²) < 4.78 is 27.7. The number of hydrogen-bond donors (Lipinski definition) is 1. The van der Waals surface area contributed by atoms with Crippen molar-refractivity contribution in [1.82, 2.24) is 9.80 Å². The average molecular weight is 526 g/mol. The van der Waals surface area contributed by atoms with Gasteiger partial charge in [0.25, 0.3) is 0 Å². The second kappa shape index (κ2) is 12.6. The van der Waals surface area contributed by atoms with E-state index in [0.717, 1.165) is 31.2 Å². The van der Waals surface area contributed by atoms with E-state index in [-0.39, 0.29) is 36.5 Å². The molecular weight excluding hydrogens is 485 g/mol. The molecule has 7 nitrogen and oxygen atoms in total. The average Bonchev–Trinajstić information content (AvgIpc) is 3.45. The van der Waals surface area contributed by atoms with Gasteiger partial charge in [0.05, 0.1) is 18.2 Å². The maximum Gasteiger partial charge on any atom is 0.410 e. The topological polar surface area (TPSA) is 85.1 Å². The molecule has 0 saturated carbocycles. The van der Waals surface area contributed by atoms with Crippen molar-refractivity contribution in [2.24, 2.45) is 11.7 Å². The van der Waals surface area contributed by atoms with E-state index in [0.29, 0.717) is 43.1 Å². The number of ether oxygens (including phenoxy) is 2. The van der Waals surface area contributed by atoms with Crippen molar-refractivity contribution < 1.29 is 23.5 Å². The second-order valence-electron chi connectivity index (χ2n) is 10.7. The van der Waals surface area contributed by atoms with E-state index in [9.17, 15) is 9.59 Å². The first-order chi connectivity index (χ1) is 18.2. The summed E-state index contributed by atoms with van der Waals surface area (Å²) in [6.45, 7) is 8.23. The molecule has 38 heavy (non-hydrogen) atoms. The van der Waals surface area contributed by atoms with Gasteiger partial charge in [0.2, 0.25) is 5.91 Å². The van der Waals surface area contributed by atoms with Gasteiger partial charge in [-0.1, -0.05) is 30.3 Å². The molecule has 2 atom stereocenters. The number of likely N-dealkylation sites (tertiary alicyclic amines) is 2. The first-order valence-corrected chi connectivity index (χ1v) is 13.8. The van der Waals surface area contributed by atoms with Crippen LogP contribution in [0.3, 0.4) is 0 Å². The van der Waals surface area contributed by atoms with Crippen LogP contribution in [0.2, 0.25) is 0 Å². The van der Waals surface area contributed by atoms with Crippen LogP contribution < -0.4 is 10.5 Å². The Morgan fingerprint density at radius 3 is 2.26 bits per heavy atom. The van der Waals surface area contributed by atoms with Crippen LogP contribution in [0.5, 0.6) is 5.75 Å². The van der Waals surface area contributed by atoms with Crippen molar-refractivity contribution in [2.45, 2.75) is 71.1 Å². The summed E-state index contributed by atoms with van der Waals surface area (Å²) in [5, 5.41) is 0. The minimum Gasteiger partial charge on any atom is -0.490 e. The zero-order chi connectivity index (χ0) is 27.2. The molecule has 2 aromatic carbocycles. The summed E-state index contributed by atoms with van der Waals surface area (Å²) in [4.78, 5) is 28.7. The third kappa shape index (κ3) is 6.65. The highest BCUT2D eigenvalue weighted by Gasteiger charge is 2.31. The largest absolute Gasteiger partial charge is 0.490 e. The number of nitrogens with zero attached hydrogens (tertiary/aromatic N) is 2. The van der Waals surface area contributed by atoms with Crippen molar-refractivity contribution in [3.63, 3.8) is 0 Å². The molecule has 0 aliphatic carbocycles. The highest BCUT2D eigenvalue weighted by atomic mass is 19.1. The van der Waals surface area contributed by atoms with Gasteiger partial charge >= 0.3 is 6.09 Å². The number of benzene rings is 2. The molecule has 0 unspecified atom stereocenters. The van der Waals surface area contributed by atoms with Crippen molar-refractivity contribution in [3.8, 4) is 16.9 Å². The van der Waals surface area contributed by atoms with E-state index in [1.165, 1.54) is 0 Å². The van der Waals surface area contributed by atoms with Crippen LogP contribution in [0.25, 0.3) is 11.1 Å². The van der Waals surface area contributed by atoms with E-state index in [2.05, 4.69) is 0 Å². The minimum absolute atomic E-state index is 0.0589.